The Morgan fingerprint density at radius 3 is 2.56 bits per heavy atom. The molecular formula is C27H23FN4O4. The van der Waals surface area contributed by atoms with Crippen LogP contribution in [0.15, 0.2) is 83.0 Å². The van der Waals surface area contributed by atoms with E-state index in [1.54, 1.807) is 31.2 Å². The number of carbonyl (C=O) groups excluding carboxylic acids is 1. The zero-order chi connectivity index (χ0) is 25.2. The van der Waals surface area contributed by atoms with E-state index in [1.165, 1.54) is 30.2 Å². The molecule has 9 heteroatoms. The average Bonchev–Trinajstić information content (AvgIpc) is 3.37. The molecule has 0 bridgehead atoms. The predicted octanol–water partition coefficient (Wildman–Crippen LogP) is 5.29. The van der Waals surface area contributed by atoms with Gasteiger partial charge < -0.3 is 19.7 Å². The number of benzene rings is 3. The molecule has 1 aliphatic heterocycles. The Hall–Kier alpha value is -4.66. The SMILES string of the molecule is COc1ccc(C2NC(=O)N(Cc3ccc(F)cc3)C(C)=C2c2nc(-c3ccccc3)no2)cc1O. The van der Waals surface area contributed by atoms with Crippen LogP contribution in [0.5, 0.6) is 11.5 Å². The zero-order valence-corrected chi connectivity index (χ0v) is 19.6. The Labute approximate surface area is 206 Å². The van der Waals surface area contributed by atoms with Crippen LogP contribution in [0.1, 0.15) is 30.0 Å². The van der Waals surface area contributed by atoms with Crippen molar-refractivity contribution in [2.45, 2.75) is 19.5 Å². The third-order valence-corrected chi connectivity index (χ3v) is 6.07. The van der Waals surface area contributed by atoms with Crippen LogP contribution in [0.25, 0.3) is 17.0 Å². The minimum atomic E-state index is -0.678. The lowest BCUT2D eigenvalue weighted by Gasteiger charge is -2.35. The van der Waals surface area contributed by atoms with Gasteiger partial charge in [0.25, 0.3) is 5.89 Å². The van der Waals surface area contributed by atoms with Crippen LogP contribution >= 0.6 is 0 Å². The van der Waals surface area contributed by atoms with E-state index in [0.29, 0.717) is 28.4 Å². The van der Waals surface area contributed by atoms with Gasteiger partial charge in [-0.25, -0.2) is 9.18 Å². The number of nitrogens with zero attached hydrogens (tertiary/aromatic N) is 3. The van der Waals surface area contributed by atoms with E-state index in [1.807, 2.05) is 30.3 Å². The van der Waals surface area contributed by atoms with Gasteiger partial charge in [0.2, 0.25) is 5.82 Å². The Kier molecular flexibility index (Phi) is 6.12. The molecule has 1 aliphatic rings. The quantitative estimate of drug-likeness (QED) is 0.384. The fraction of sp³-hybridized carbons (Fsp3) is 0.148. The normalized spacial score (nSPS) is 15.7. The Bertz CT molecular complexity index is 1430. The molecule has 36 heavy (non-hydrogen) atoms. The monoisotopic (exact) mass is 486 g/mol. The summed E-state index contributed by atoms with van der Waals surface area (Å²) >= 11 is 0. The zero-order valence-electron chi connectivity index (χ0n) is 19.6. The van der Waals surface area contributed by atoms with Crippen molar-refractivity contribution in [1.29, 1.82) is 0 Å². The summed E-state index contributed by atoms with van der Waals surface area (Å²) in [5.74, 6) is 0.532. The minimum Gasteiger partial charge on any atom is -0.504 e. The smallest absolute Gasteiger partial charge is 0.322 e. The van der Waals surface area contributed by atoms with Gasteiger partial charge >= 0.3 is 6.03 Å². The van der Waals surface area contributed by atoms with Gasteiger partial charge in [0.1, 0.15) is 5.82 Å². The van der Waals surface area contributed by atoms with Crippen molar-refractivity contribution >= 4 is 11.6 Å². The summed E-state index contributed by atoms with van der Waals surface area (Å²) in [4.78, 5) is 19.4. The fourth-order valence-corrected chi connectivity index (χ4v) is 4.20. The van der Waals surface area contributed by atoms with Crippen molar-refractivity contribution in [3.8, 4) is 22.9 Å². The highest BCUT2D eigenvalue weighted by molar-refractivity contribution is 5.87. The van der Waals surface area contributed by atoms with Crippen LogP contribution in [0.2, 0.25) is 0 Å². The van der Waals surface area contributed by atoms with Crippen molar-refractivity contribution in [2.24, 2.45) is 0 Å². The maximum Gasteiger partial charge on any atom is 0.322 e. The Morgan fingerprint density at radius 1 is 1.11 bits per heavy atom. The van der Waals surface area contributed by atoms with Crippen molar-refractivity contribution in [2.75, 3.05) is 7.11 Å². The van der Waals surface area contributed by atoms with Crippen LogP contribution in [0.3, 0.4) is 0 Å². The molecule has 1 aromatic heterocycles. The number of nitrogens with one attached hydrogen (secondary N) is 1. The minimum absolute atomic E-state index is 0.0644. The van der Waals surface area contributed by atoms with Crippen LogP contribution in [-0.2, 0) is 6.54 Å². The van der Waals surface area contributed by atoms with Gasteiger partial charge in [0.05, 0.1) is 25.3 Å². The summed E-state index contributed by atoms with van der Waals surface area (Å²) in [6, 6.07) is 19.2. The second-order valence-corrected chi connectivity index (χ2v) is 8.31. The molecule has 0 radical (unpaired) electrons. The number of phenolic OH excluding ortho intramolecular Hbond substituents is 1. The maximum atomic E-state index is 13.4. The second-order valence-electron chi connectivity index (χ2n) is 8.31. The molecule has 1 atom stereocenters. The molecule has 0 spiro atoms. The first-order valence-corrected chi connectivity index (χ1v) is 11.2. The molecule has 0 aliphatic carbocycles. The number of amides is 2. The van der Waals surface area contributed by atoms with E-state index in [9.17, 15) is 14.3 Å². The number of aromatic nitrogens is 2. The standard InChI is InChI=1S/C27H23FN4O4/c1-16-23(26-30-25(31-36-26)18-6-4-3-5-7-18)24(19-10-13-22(35-2)21(33)14-19)29-27(34)32(16)15-17-8-11-20(28)12-9-17/h3-14,24,33H,15H2,1-2H3,(H,29,34). The number of hydrogen-bond acceptors (Lipinski definition) is 6. The average molecular weight is 487 g/mol. The predicted molar refractivity (Wildman–Crippen MR) is 130 cm³/mol. The van der Waals surface area contributed by atoms with E-state index >= 15 is 0 Å². The highest BCUT2D eigenvalue weighted by Crippen LogP contribution is 2.40. The third-order valence-electron chi connectivity index (χ3n) is 6.07. The molecule has 2 heterocycles. The number of ether oxygens (including phenoxy) is 1. The molecule has 0 saturated carbocycles. The summed E-state index contributed by atoms with van der Waals surface area (Å²) in [5, 5.41) is 17.5. The van der Waals surface area contributed by atoms with Crippen molar-refractivity contribution < 1.29 is 23.6 Å². The molecule has 4 aromatic rings. The van der Waals surface area contributed by atoms with Crippen molar-refractivity contribution in [3.63, 3.8) is 0 Å². The van der Waals surface area contributed by atoms with Gasteiger partial charge in [-0.05, 0) is 42.3 Å². The summed E-state index contributed by atoms with van der Waals surface area (Å²) < 4.78 is 24.2. The molecular weight excluding hydrogens is 463 g/mol. The molecule has 0 fully saturated rings. The van der Waals surface area contributed by atoms with Crippen LogP contribution in [0.4, 0.5) is 9.18 Å². The highest BCUT2D eigenvalue weighted by atomic mass is 19.1. The van der Waals surface area contributed by atoms with Gasteiger partial charge in [-0.15, -0.1) is 0 Å². The number of aromatic hydroxyl groups is 1. The first kappa shape index (κ1) is 23.1. The van der Waals surface area contributed by atoms with Gasteiger partial charge in [0.15, 0.2) is 11.5 Å². The summed E-state index contributed by atoms with van der Waals surface area (Å²) in [7, 11) is 1.46. The maximum absolute atomic E-state index is 13.4. The van der Waals surface area contributed by atoms with E-state index < -0.39 is 6.04 Å². The fourth-order valence-electron chi connectivity index (χ4n) is 4.20. The number of rotatable bonds is 6. The Balaban J connectivity index is 1.60. The number of halogens is 1. The number of allylic oxidation sites excluding steroid dienone is 1. The van der Waals surface area contributed by atoms with E-state index in [4.69, 9.17) is 9.26 Å². The van der Waals surface area contributed by atoms with Gasteiger partial charge in [-0.1, -0.05) is 53.7 Å². The molecule has 8 nitrogen and oxygen atoms in total. The molecule has 5 rings (SSSR count). The lowest BCUT2D eigenvalue weighted by Crippen LogP contribution is -2.45. The molecule has 182 valence electrons. The van der Waals surface area contributed by atoms with Crippen LogP contribution in [-0.4, -0.2) is 33.3 Å². The topological polar surface area (TPSA) is 101 Å². The molecule has 0 saturated heterocycles. The van der Waals surface area contributed by atoms with Crippen LogP contribution in [0, 0.1) is 5.82 Å². The molecule has 1 unspecified atom stereocenters. The van der Waals surface area contributed by atoms with Crippen molar-refractivity contribution in [3.05, 3.63) is 101 Å². The Morgan fingerprint density at radius 2 is 1.86 bits per heavy atom. The number of phenols is 1. The largest absolute Gasteiger partial charge is 0.504 e. The number of hydrogen-bond donors (Lipinski definition) is 2. The molecule has 2 amide bonds. The van der Waals surface area contributed by atoms with Crippen molar-refractivity contribution in [1.82, 2.24) is 20.4 Å². The summed E-state index contributed by atoms with van der Waals surface area (Å²) in [5.41, 5.74) is 3.31. The molecule has 2 N–H and O–H groups in total. The second kappa shape index (κ2) is 9.53. The van der Waals surface area contributed by atoms with Crippen LogP contribution < -0.4 is 10.1 Å². The molecule has 3 aromatic carbocycles. The highest BCUT2D eigenvalue weighted by Gasteiger charge is 2.36. The van der Waals surface area contributed by atoms with Gasteiger partial charge in [-0.3, -0.25) is 4.90 Å². The van der Waals surface area contributed by atoms with E-state index in [-0.39, 0.29) is 30.0 Å². The number of carbonyl (C=O) groups is 1. The third kappa shape index (κ3) is 4.38. The lowest BCUT2D eigenvalue weighted by atomic mass is 9.94. The first-order valence-electron chi connectivity index (χ1n) is 11.2. The first-order chi connectivity index (χ1) is 17.4. The lowest BCUT2D eigenvalue weighted by molar-refractivity contribution is 0.203. The number of urea groups is 1. The summed E-state index contributed by atoms with van der Waals surface area (Å²) in [6.45, 7) is 2.00. The number of methoxy groups -OCH3 is 1. The van der Waals surface area contributed by atoms with Gasteiger partial charge in [0, 0.05) is 11.3 Å². The summed E-state index contributed by atoms with van der Waals surface area (Å²) in [6.07, 6.45) is 0. The van der Waals surface area contributed by atoms with Gasteiger partial charge in [-0.2, -0.15) is 4.98 Å². The van der Waals surface area contributed by atoms with E-state index in [0.717, 1.165) is 11.1 Å². The van der Waals surface area contributed by atoms with E-state index in [2.05, 4.69) is 15.5 Å².